The number of nitrogens with zero attached hydrogens (tertiary/aromatic N) is 2. The molecule has 0 aliphatic heterocycles. The minimum absolute atomic E-state index is 0.109. The molecule has 0 saturated heterocycles. The summed E-state index contributed by atoms with van der Waals surface area (Å²) in [5.41, 5.74) is 4.55. The lowest BCUT2D eigenvalue weighted by Gasteiger charge is -2.13. The zero-order chi connectivity index (χ0) is 20.5. The van der Waals surface area contributed by atoms with Crippen molar-refractivity contribution in [1.82, 2.24) is 4.98 Å². The summed E-state index contributed by atoms with van der Waals surface area (Å²) < 4.78 is 15.4. The Morgan fingerprint density at radius 2 is 1.96 bits per heavy atom. The number of anilines is 2. The average molecular weight is 406 g/mol. The summed E-state index contributed by atoms with van der Waals surface area (Å²) in [4.78, 5) is 27.2. The second-order valence-electron chi connectivity index (χ2n) is 5.47. The molecule has 0 aliphatic carbocycles. The number of methoxy groups -OCH3 is 2. The third-order valence-corrected chi connectivity index (χ3v) is 4.21. The van der Waals surface area contributed by atoms with Gasteiger partial charge in [0.05, 0.1) is 44.8 Å². The molecule has 2 aromatic rings. The van der Waals surface area contributed by atoms with Gasteiger partial charge in [-0.1, -0.05) is 0 Å². The molecule has 0 fully saturated rings. The van der Waals surface area contributed by atoms with E-state index in [1.165, 1.54) is 38.7 Å². The first-order valence-electron chi connectivity index (χ1n) is 8.39. The fourth-order valence-electron chi connectivity index (χ4n) is 2.26. The van der Waals surface area contributed by atoms with Crippen LogP contribution in [-0.2, 0) is 20.7 Å². The molecule has 0 spiro atoms. The van der Waals surface area contributed by atoms with Crippen LogP contribution in [0.15, 0.2) is 22.6 Å². The third kappa shape index (κ3) is 5.95. The van der Waals surface area contributed by atoms with Gasteiger partial charge in [0.2, 0.25) is 11.0 Å². The first-order chi connectivity index (χ1) is 13.5. The summed E-state index contributed by atoms with van der Waals surface area (Å²) in [6.07, 6.45) is 1.64. The summed E-state index contributed by atoms with van der Waals surface area (Å²) in [5.74, 6) is 0.440. The number of hydrogen-bond acceptors (Lipinski definition) is 9. The van der Waals surface area contributed by atoms with Crippen molar-refractivity contribution in [2.75, 3.05) is 31.6 Å². The van der Waals surface area contributed by atoms with E-state index in [0.717, 1.165) is 0 Å². The van der Waals surface area contributed by atoms with Crippen LogP contribution in [0.3, 0.4) is 0 Å². The quantitative estimate of drug-likeness (QED) is 0.374. The minimum Gasteiger partial charge on any atom is -0.493 e. The van der Waals surface area contributed by atoms with Crippen molar-refractivity contribution < 1.29 is 23.8 Å². The fraction of sp³-hybridized carbons (Fsp3) is 0.333. The number of carbonyl (C=O) groups excluding carboxylic acids is 2. The molecular formula is C18H22N4O5S. The summed E-state index contributed by atoms with van der Waals surface area (Å²) in [7, 11) is 3.04. The molecule has 2 rings (SSSR count). The Labute approximate surface area is 166 Å². The fourth-order valence-corrected chi connectivity index (χ4v) is 2.91. The Hall–Kier alpha value is -3.14. The van der Waals surface area contributed by atoms with E-state index in [0.29, 0.717) is 40.2 Å². The SMILES string of the molecule is CCOC(=O)Cc1csc(NN=Cc2cc(OC)c(OC)cc2NC(C)=O)n1. The normalized spacial score (nSPS) is 10.6. The maximum absolute atomic E-state index is 11.5. The molecule has 9 nitrogen and oxygen atoms in total. The summed E-state index contributed by atoms with van der Waals surface area (Å²) in [6, 6.07) is 3.35. The molecule has 1 aromatic carbocycles. The molecule has 150 valence electrons. The number of benzene rings is 1. The first-order valence-corrected chi connectivity index (χ1v) is 9.27. The van der Waals surface area contributed by atoms with Crippen molar-refractivity contribution in [3.63, 3.8) is 0 Å². The van der Waals surface area contributed by atoms with Crippen molar-refractivity contribution in [2.24, 2.45) is 5.10 Å². The van der Waals surface area contributed by atoms with E-state index in [1.807, 2.05) is 0 Å². The smallest absolute Gasteiger partial charge is 0.311 e. The van der Waals surface area contributed by atoms with Gasteiger partial charge >= 0.3 is 5.97 Å². The number of hydrogen-bond donors (Lipinski definition) is 2. The zero-order valence-corrected chi connectivity index (χ0v) is 16.9. The standard InChI is InChI=1S/C18H22N4O5S/c1-5-27-17(24)7-13-10-28-18(21-13)22-19-9-12-6-15(25-3)16(26-4)8-14(12)20-11(2)23/h6,8-10H,5,7H2,1-4H3,(H,20,23)(H,21,22). The highest BCUT2D eigenvalue weighted by Gasteiger charge is 2.11. The van der Waals surface area contributed by atoms with E-state index < -0.39 is 0 Å². The van der Waals surface area contributed by atoms with Crippen molar-refractivity contribution in [2.45, 2.75) is 20.3 Å². The van der Waals surface area contributed by atoms with E-state index in [2.05, 4.69) is 20.8 Å². The highest BCUT2D eigenvalue weighted by atomic mass is 32.1. The maximum atomic E-state index is 11.5. The first kappa shape index (κ1) is 21.2. The monoisotopic (exact) mass is 406 g/mol. The largest absolute Gasteiger partial charge is 0.493 e. The molecule has 1 aromatic heterocycles. The number of nitrogens with one attached hydrogen (secondary N) is 2. The number of aromatic nitrogens is 1. The Balaban J connectivity index is 2.13. The molecular weight excluding hydrogens is 384 g/mol. The Morgan fingerprint density at radius 3 is 2.61 bits per heavy atom. The summed E-state index contributed by atoms with van der Waals surface area (Å²) in [6.45, 7) is 3.50. The molecule has 1 heterocycles. The van der Waals surface area contributed by atoms with Crippen molar-refractivity contribution in [3.8, 4) is 11.5 Å². The summed E-state index contributed by atoms with van der Waals surface area (Å²) in [5, 5.41) is 9.16. The molecule has 10 heteroatoms. The molecule has 2 N–H and O–H groups in total. The number of rotatable bonds is 9. The zero-order valence-electron chi connectivity index (χ0n) is 16.1. The molecule has 0 aliphatic rings. The number of carbonyl (C=O) groups is 2. The van der Waals surface area contributed by atoms with Gasteiger partial charge in [0.15, 0.2) is 11.5 Å². The molecule has 0 bridgehead atoms. The Morgan fingerprint density at radius 1 is 1.25 bits per heavy atom. The summed E-state index contributed by atoms with van der Waals surface area (Å²) >= 11 is 1.32. The van der Waals surface area contributed by atoms with Crippen LogP contribution in [0, 0.1) is 0 Å². The number of thiazole rings is 1. The van der Waals surface area contributed by atoms with Crippen LogP contribution < -0.4 is 20.2 Å². The molecule has 0 atom stereocenters. The molecule has 0 saturated carbocycles. The molecule has 0 radical (unpaired) electrons. The second-order valence-corrected chi connectivity index (χ2v) is 6.33. The lowest BCUT2D eigenvalue weighted by atomic mass is 10.1. The lowest BCUT2D eigenvalue weighted by molar-refractivity contribution is -0.142. The van der Waals surface area contributed by atoms with Crippen LogP contribution in [-0.4, -0.2) is 43.9 Å². The molecule has 28 heavy (non-hydrogen) atoms. The van der Waals surface area contributed by atoms with Crippen molar-refractivity contribution >= 4 is 40.2 Å². The van der Waals surface area contributed by atoms with Crippen LogP contribution in [0.4, 0.5) is 10.8 Å². The van der Waals surface area contributed by atoms with Crippen LogP contribution >= 0.6 is 11.3 Å². The van der Waals surface area contributed by atoms with Crippen LogP contribution in [0.5, 0.6) is 11.5 Å². The Bertz CT molecular complexity index is 866. The van der Waals surface area contributed by atoms with Crippen LogP contribution in [0.1, 0.15) is 25.1 Å². The average Bonchev–Trinajstić information content (AvgIpc) is 3.09. The third-order valence-electron chi connectivity index (χ3n) is 3.41. The van der Waals surface area contributed by atoms with Crippen molar-refractivity contribution in [1.29, 1.82) is 0 Å². The van der Waals surface area contributed by atoms with Gasteiger partial charge < -0.3 is 19.5 Å². The lowest BCUT2D eigenvalue weighted by Crippen LogP contribution is -2.09. The van der Waals surface area contributed by atoms with Gasteiger partial charge in [-0.15, -0.1) is 11.3 Å². The number of amides is 1. The van der Waals surface area contributed by atoms with E-state index >= 15 is 0 Å². The van der Waals surface area contributed by atoms with Crippen molar-refractivity contribution in [3.05, 3.63) is 28.8 Å². The van der Waals surface area contributed by atoms with E-state index in [1.54, 1.807) is 24.4 Å². The van der Waals surface area contributed by atoms with Gasteiger partial charge in [-0.25, -0.2) is 4.98 Å². The van der Waals surface area contributed by atoms with Crippen LogP contribution in [0.25, 0.3) is 0 Å². The highest BCUT2D eigenvalue weighted by molar-refractivity contribution is 7.13. The van der Waals surface area contributed by atoms with Gasteiger partial charge in [0, 0.05) is 23.9 Å². The topological polar surface area (TPSA) is 111 Å². The van der Waals surface area contributed by atoms with E-state index in [-0.39, 0.29) is 18.3 Å². The van der Waals surface area contributed by atoms with E-state index in [4.69, 9.17) is 14.2 Å². The van der Waals surface area contributed by atoms with Gasteiger partial charge in [-0.2, -0.15) is 5.10 Å². The highest BCUT2D eigenvalue weighted by Crippen LogP contribution is 2.32. The van der Waals surface area contributed by atoms with Gasteiger partial charge in [-0.3, -0.25) is 15.0 Å². The Kier molecular flexibility index (Phi) is 7.76. The van der Waals surface area contributed by atoms with Gasteiger partial charge in [-0.05, 0) is 13.0 Å². The minimum atomic E-state index is -0.326. The number of ether oxygens (including phenoxy) is 3. The predicted octanol–water partition coefficient (Wildman–Crippen LogP) is 2.67. The predicted molar refractivity (Wildman–Crippen MR) is 108 cm³/mol. The molecule has 1 amide bonds. The second kappa shape index (κ2) is 10.3. The van der Waals surface area contributed by atoms with E-state index in [9.17, 15) is 9.59 Å². The molecule has 0 unspecified atom stereocenters. The number of hydrazone groups is 1. The number of esters is 1. The van der Waals surface area contributed by atoms with Crippen LogP contribution in [0.2, 0.25) is 0 Å². The van der Waals surface area contributed by atoms with Gasteiger partial charge in [0.25, 0.3) is 0 Å². The maximum Gasteiger partial charge on any atom is 0.311 e. The van der Waals surface area contributed by atoms with Gasteiger partial charge in [0.1, 0.15) is 0 Å².